The van der Waals surface area contributed by atoms with Crippen molar-refractivity contribution in [3.63, 3.8) is 0 Å². The number of carbonyl (C=O) groups excluding carboxylic acids is 1. The van der Waals surface area contributed by atoms with Gasteiger partial charge in [0.05, 0.1) is 17.2 Å². The predicted octanol–water partition coefficient (Wildman–Crippen LogP) is 2.06. The zero-order valence-corrected chi connectivity index (χ0v) is 14.8. The van der Waals surface area contributed by atoms with Gasteiger partial charge in [0.1, 0.15) is 24.9 Å². The average molecular weight is 378 g/mol. The molecule has 8 nitrogen and oxygen atoms in total. The minimum atomic E-state index is -0.566. The SMILES string of the molecule is Cc1cccc2c(=O)n(CC(=O)Nc3ccc(-n4cncn4)c(F)c3)cnc12. The van der Waals surface area contributed by atoms with Gasteiger partial charge in [-0.25, -0.2) is 19.0 Å². The first-order chi connectivity index (χ1) is 13.5. The number of rotatable bonds is 4. The van der Waals surface area contributed by atoms with E-state index in [1.54, 1.807) is 18.2 Å². The first-order valence-corrected chi connectivity index (χ1v) is 8.42. The third-order valence-corrected chi connectivity index (χ3v) is 4.27. The molecule has 0 atom stereocenters. The molecule has 0 saturated carbocycles. The van der Waals surface area contributed by atoms with Crippen molar-refractivity contribution in [1.82, 2.24) is 24.3 Å². The van der Waals surface area contributed by atoms with Gasteiger partial charge in [0.15, 0.2) is 5.82 Å². The van der Waals surface area contributed by atoms with Crippen LogP contribution in [0.25, 0.3) is 16.6 Å². The average Bonchev–Trinajstić information content (AvgIpc) is 3.19. The third kappa shape index (κ3) is 3.25. The highest BCUT2D eigenvalue weighted by atomic mass is 19.1. The molecule has 0 saturated heterocycles. The second kappa shape index (κ2) is 7.03. The highest BCUT2D eigenvalue weighted by molar-refractivity contribution is 5.91. The number of aryl methyl sites for hydroxylation is 1. The van der Waals surface area contributed by atoms with Crippen molar-refractivity contribution in [3.8, 4) is 5.69 Å². The predicted molar refractivity (Wildman–Crippen MR) is 101 cm³/mol. The normalized spacial score (nSPS) is 10.9. The van der Waals surface area contributed by atoms with E-state index in [0.29, 0.717) is 10.9 Å². The molecule has 0 bridgehead atoms. The molecule has 0 spiro atoms. The number of fused-ring (bicyclic) bond motifs is 1. The summed E-state index contributed by atoms with van der Waals surface area (Å²) in [5.41, 5.74) is 1.66. The summed E-state index contributed by atoms with van der Waals surface area (Å²) in [5, 5.41) is 6.89. The quantitative estimate of drug-likeness (QED) is 0.587. The summed E-state index contributed by atoms with van der Waals surface area (Å²) >= 11 is 0. The first-order valence-electron chi connectivity index (χ1n) is 8.42. The van der Waals surface area contributed by atoms with Gasteiger partial charge >= 0.3 is 0 Å². The molecule has 0 unspecified atom stereocenters. The molecule has 9 heteroatoms. The summed E-state index contributed by atoms with van der Waals surface area (Å²) in [6, 6.07) is 9.51. The largest absolute Gasteiger partial charge is 0.324 e. The molecule has 0 radical (unpaired) electrons. The van der Waals surface area contributed by atoms with Crippen LogP contribution in [0.1, 0.15) is 5.56 Å². The van der Waals surface area contributed by atoms with Gasteiger partial charge in [-0.1, -0.05) is 12.1 Å². The molecule has 0 fully saturated rings. The maximum absolute atomic E-state index is 14.3. The summed E-state index contributed by atoms with van der Waals surface area (Å²) in [4.78, 5) is 32.9. The maximum Gasteiger partial charge on any atom is 0.261 e. The number of para-hydroxylation sites is 1. The van der Waals surface area contributed by atoms with E-state index < -0.39 is 11.7 Å². The van der Waals surface area contributed by atoms with Gasteiger partial charge in [0, 0.05) is 5.69 Å². The molecule has 0 aliphatic carbocycles. The lowest BCUT2D eigenvalue weighted by Crippen LogP contribution is -2.28. The van der Waals surface area contributed by atoms with Crippen LogP contribution >= 0.6 is 0 Å². The first kappa shape index (κ1) is 17.5. The van der Waals surface area contributed by atoms with Crippen LogP contribution in [0.5, 0.6) is 0 Å². The number of hydrogen-bond acceptors (Lipinski definition) is 5. The van der Waals surface area contributed by atoms with E-state index in [2.05, 4.69) is 20.4 Å². The summed E-state index contributed by atoms with van der Waals surface area (Å²) in [6.45, 7) is 1.63. The Labute approximate surface area is 158 Å². The maximum atomic E-state index is 14.3. The van der Waals surface area contributed by atoms with Gasteiger partial charge in [0.2, 0.25) is 5.91 Å². The Balaban J connectivity index is 1.54. The number of carbonyl (C=O) groups is 1. The molecule has 0 aliphatic heterocycles. The van der Waals surface area contributed by atoms with E-state index >= 15 is 0 Å². The number of aromatic nitrogens is 5. The lowest BCUT2D eigenvalue weighted by molar-refractivity contribution is -0.116. The lowest BCUT2D eigenvalue weighted by Gasteiger charge is -2.10. The number of nitrogens with zero attached hydrogens (tertiary/aromatic N) is 5. The molecule has 2 aromatic carbocycles. The van der Waals surface area contributed by atoms with Crippen LogP contribution in [0.4, 0.5) is 10.1 Å². The Kier molecular flexibility index (Phi) is 4.40. The molecule has 0 aliphatic rings. The van der Waals surface area contributed by atoms with Crippen LogP contribution in [-0.2, 0) is 11.3 Å². The van der Waals surface area contributed by atoms with E-state index in [4.69, 9.17) is 0 Å². The van der Waals surface area contributed by atoms with Gasteiger partial charge in [0.25, 0.3) is 5.56 Å². The zero-order chi connectivity index (χ0) is 19.7. The minimum absolute atomic E-state index is 0.209. The monoisotopic (exact) mass is 378 g/mol. The lowest BCUT2D eigenvalue weighted by atomic mass is 10.1. The Morgan fingerprint density at radius 2 is 2.07 bits per heavy atom. The Morgan fingerprint density at radius 1 is 1.21 bits per heavy atom. The number of hydrogen-bond donors (Lipinski definition) is 1. The zero-order valence-electron chi connectivity index (χ0n) is 14.8. The summed E-state index contributed by atoms with van der Waals surface area (Å²) in [7, 11) is 0. The molecular weight excluding hydrogens is 363 g/mol. The number of halogens is 1. The van der Waals surface area contributed by atoms with Gasteiger partial charge in [-0.2, -0.15) is 5.10 Å². The molecule has 2 aromatic heterocycles. The van der Waals surface area contributed by atoms with Crippen LogP contribution in [0.3, 0.4) is 0 Å². The number of amides is 1. The van der Waals surface area contributed by atoms with Crippen LogP contribution < -0.4 is 10.9 Å². The number of anilines is 1. The fraction of sp³-hybridized carbons (Fsp3) is 0.105. The van der Waals surface area contributed by atoms with Gasteiger partial charge < -0.3 is 5.32 Å². The van der Waals surface area contributed by atoms with E-state index in [1.807, 2.05) is 13.0 Å². The van der Waals surface area contributed by atoms with E-state index in [-0.39, 0.29) is 23.5 Å². The van der Waals surface area contributed by atoms with Gasteiger partial charge in [-0.05, 0) is 36.8 Å². The fourth-order valence-corrected chi connectivity index (χ4v) is 2.91. The van der Waals surface area contributed by atoms with Crippen molar-refractivity contribution in [1.29, 1.82) is 0 Å². The molecule has 1 amide bonds. The fourth-order valence-electron chi connectivity index (χ4n) is 2.91. The van der Waals surface area contributed by atoms with Crippen LogP contribution in [0, 0.1) is 12.7 Å². The van der Waals surface area contributed by atoms with Crippen LogP contribution in [0.15, 0.2) is 60.2 Å². The number of nitrogens with one attached hydrogen (secondary N) is 1. The van der Waals surface area contributed by atoms with Crippen molar-refractivity contribution in [3.05, 3.63) is 77.1 Å². The molecule has 4 rings (SSSR count). The van der Waals surface area contributed by atoms with Crippen molar-refractivity contribution in [2.45, 2.75) is 13.5 Å². The summed E-state index contributed by atoms with van der Waals surface area (Å²) in [6.07, 6.45) is 4.01. The van der Waals surface area contributed by atoms with E-state index in [1.165, 1.54) is 40.4 Å². The van der Waals surface area contributed by atoms with Gasteiger partial charge in [-0.3, -0.25) is 14.2 Å². The summed E-state index contributed by atoms with van der Waals surface area (Å²) in [5.74, 6) is -1.04. The van der Waals surface area contributed by atoms with E-state index in [0.717, 1.165) is 5.56 Å². The van der Waals surface area contributed by atoms with E-state index in [9.17, 15) is 14.0 Å². The Bertz CT molecular complexity index is 1230. The van der Waals surface area contributed by atoms with Crippen molar-refractivity contribution in [2.75, 3.05) is 5.32 Å². The van der Waals surface area contributed by atoms with Crippen LogP contribution in [-0.4, -0.2) is 30.2 Å². The molecular formula is C19H15FN6O2. The van der Waals surface area contributed by atoms with Crippen molar-refractivity contribution in [2.24, 2.45) is 0 Å². The highest BCUT2D eigenvalue weighted by Gasteiger charge is 2.11. The van der Waals surface area contributed by atoms with Crippen molar-refractivity contribution < 1.29 is 9.18 Å². The second-order valence-corrected chi connectivity index (χ2v) is 6.20. The Morgan fingerprint density at radius 3 is 2.82 bits per heavy atom. The molecule has 4 aromatic rings. The summed E-state index contributed by atoms with van der Waals surface area (Å²) < 4.78 is 16.8. The van der Waals surface area contributed by atoms with Crippen LogP contribution in [0.2, 0.25) is 0 Å². The topological polar surface area (TPSA) is 94.7 Å². The standard InChI is InChI=1S/C19H15FN6O2/c1-12-3-2-4-14-18(12)22-11-25(19(14)28)8-17(27)24-13-5-6-16(15(20)7-13)26-10-21-9-23-26/h2-7,9-11H,8H2,1H3,(H,24,27). The van der Waals surface area contributed by atoms with Gasteiger partial charge in [-0.15, -0.1) is 0 Å². The minimum Gasteiger partial charge on any atom is -0.324 e. The Hall–Kier alpha value is -3.88. The molecule has 1 N–H and O–H groups in total. The number of benzene rings is 2. The second-order valence-electron chi connectivity index (χ2n) is 6.20. The molecule has 140 valence electrons. The molecule has 2 heterocycles. The molecule has 28 heavy (non-hydrogen) atoms. The highest BCUT2D eigenvalue weighted by Crippen LogP contribution is 2.17. The van der Waals surface area contributed by atoms with Crippen molar-refractivity contribution >= 4 is 22.5 Å². The third-order valence-electron chi connectivity index (χ3n) is 4.27. The smallest absolute Gasteiger partial charge is 0.261 e.